The molecule has 0 unspecified atom stereocenters. The van der Waals surface area contributed by atoms with Gasteiger partial charge in [0.25, 0.3) is 0 Å². The average molecular weight is 214 g/mol. The van der Waals surface area contributed by atoms with Gasteiger partial charge in [-0.2, -0.15) is 9.50 Å². The van der Waals surface area contributed by atoms with Gasteiger partial charge in [0, 0.05) is 6.07 Å². The molecule has 0 saturated heterocycles. The second-order valence-corrected chi connectivity index (χ2v) is 2.89. The number of aromatic nitrogens is 3. The van der Waals surface area contributed by atoms with E-state index in [2.05, 4.69) is 10.1 Å². The number of hydrogen-bond acceptors (Lipinski definition) is 5. The molecule has 8 heteroatoms. The normalized spacial score (nSPS) is 10.6. The van der Waals surface area contributed by atoms with E-state index in [-0.39, 0.29) is 22.4 Å². The van der Waals surface area contributed by atoms with Crippen LogP contribution in [0.5, 0.6) is 0 Å². The van der Waals surface area contributed by atoms with Crippen LogP contribution in [-0.2, 0) is 0 Å². The summed E-state index contributed by atoms with van der Waals surface area (Å²) in [6, 6.07) is 2.62. The molecule has 2 aromatic rings. The van der Waals surface area contributed by atoms with E-state index in [9.17, 15) is 10.1 Å². The maximum absolute atomic E-state index is 10.6. The maximum Gasteiger partial charge on any atom is 0.313 e. The van der Waals surface area contributed by atoms with E-state index in [0.29, 0.717) is 0 Å². The Morgan fingerprint density at radius 3 is 2.93 bits per heavy atom. The van der Waals surface area contributed by atoms with Gasteiger partial charge in [-0.05, 0) is 6.07 Å². The Balaban J connectivity index is 2.87. The van der Waals surface area contributed by atoms with Crippen molar-refractivity contribution in [3.8, 4) is 0 Å². The third-order valence-electron chi connectivity index (χ3n) is 1.63. The average Bonchev–Trinajstić information content (AvgIpc) is 2.47. The van der Waals surface area contributed by atoms with E-state index < -0.39 is 4.92 Å². The van der Waals surface area contributed by atoms with Gasteiger partial charge in [0.15, 0.2) is 0 Å². The van der Waals surface area contributed by atoms with Gasteiger partial charge in [-0.1, -0.05) is 11.6 Å². The van der Waals surface area contributed by atoms with Gasteiger partial charge in [-0.3, -0.25) is 10.1 Å². The van der Waals surface area contributed by atoms with Crippen molar-refractivity contribution in [3.63, 3.8) is 0 Å². The number of nitrogen functional groups attached to an aromatic ring is 1. The first-order valence-corrected chi connectivity index (χ1v) is 3.92. The molecule has 0 fully saturated rings. The molecule has 0 aliphatic heterocycles. The molecule has 7 nitrogen and oxygen atoms in total. The zero-order valence-corrected chi connectivity index (χ0v) is 7.47. The second kappa shape index (κ2) is 2.81. The minimum Gasteiger partial charge on any atom is -0.366 e. The van der Waals surface area contributed by atoms with Crippen LogP contribution in [0.1, 0.15) is 0 Å². The molecule has 0 amide bonds. The Bertz CT molecular complexity index is 522. The molecule has 0 saturated carbocycles. The molecule has 0 atom stereocenters. The minimum atomic E-state index is -0.570. The molecule has 0 aliphatic carbocycles. The zero-order chi connectivity index (χ0) is 10.3. The monoisotopic (exact) mass is 213 g/mol. The summed E-state index contributed by atoms with van der Waals surface area (Å²) in [6.45, 7) is 0. The van der Waals surface area contributed by atoms with Gasteiger partial charge < -0.3 is 5.73 Å². The zero-order valence-electron chi connectivity index (χ0n) is 6.72. The van der Waals surface area contributed by atoms with Gasteiger partial charge in [-0.25, -0.2) is 0 Å². The molecular formula is C6H4ClN5O2. The highest BCUT2D eigenvalue weighted by molar-refractivity contribution is 6.29. The van der Waals surface area contributed by atoms with Crippen molar-refractivity contribution in [3.05, 3.63) is 27.4 Å². The van der Waals surface area contributed by atoms with Crippen LogP contribution in [0.15, 0.2) is 12.1 Å². The molecule has 2 N–H and O–H groups in total. The van der Waals surface area contributed by atoms with Crippen LogP contribution in [0, 0.1) is 10.1 Å². The molecular weight excluding hydrogens is 210 g/mol. The van der Waals surface area contributed by atoms with E-state index in [1.54, 1.807) is 0 Å². The summed E-state index contributed by atoms with van der Waals surface area (Å²) in [5, 5.41) is 14.5. The quantitative estimate of drug-likeness (QED) is 0.430. The maximum atomic E-state index is 10.6. The first-order valence-electron chi connectivity index (χ1n) is 3.55. The summed E-state index contributed by atoms with van der Waals surface area (Å²) in [4.78, 5) is 13.7. The largest absolute Gasteiger partial charge is 0.366 e. The summed E-state index contributed by atoms with van der Waals surface area (Å²) in [7, 11) is 0. The van der Waals surface area contributed by atoms with Crippen LogP contribution >= 0.6 is 11.6 Å². The fourth-order valence-corrected chi connectivity index (χ4v) is 1.26. The van der Waals surface area contributed by atoms with Gasteiger partial charge in [0.05, 0.1) is 4.92 Å². The van der Waals surface area contributed by atoms with Crippen molar-refractivity contribution in [1.82, 2.24) is 14.6 Å². The smallest absolute Gasteiger partial charge is 0.313 e. The number of pyridine rings is 1. The Morgan fingerprint density at radius 2 is 2.29 bits per heavy atom. The summed E-state index contributed by atoms with van der Waals surface area (Å²) in [5.41, 5.74) is 5.16. The molecule has 2 rings (SSSR count). The Morgan fingerprint density at radius 1 is 1.57 bits per heavy atom. The summed E-state index contributed by atoms with van der Waals surface area (Å²) >= 11 is 5.73. The molecule has 0 spiro atoms. The number of halogens is 1. The molecule has 72 valence electrons. The summed E-state index contributed by atoms with van der Waals surface area (Å²) < 4.78 is 1.12. The topological polar surface area (TPSA) is 99.3 Å². The molecule has 2 heterocycles. The van der Waals surface area contributed by atoms with E-state index in [4.69, 9.17) is 17.3 Å². The van der Waals surface area contributed by atoms with E-state index in [1.807, 2.05) is 0 Å². The van der Waals surface area contributed by atoms with Gasteiger partial charge in [-0.15, -0.1) is 5.10 Å². The predicted molar refractivity (Wildman–Crippen MR) is 49.1 cm³/mol. The Labute approximate surface area is 82.3 Å². The number of nitrogens with zero attached hydrogens (tertiary/aromatic N) is 4. The highest BCUT2D eigenvalue weighted by atomic mass is 35.5. The van der Waals surface area contributed by atoms with Crippen LogP contribution in [0.25, 0.3) is 5.65 Å². The van der Waals surface area contributed by atoms with Crippen molar-refractivity contribution >= 4 is 28.9 Å². The fourth-order valence-electron chi connectivity index (χ4n) is 1.08. The minimum absolute atomic E-state index is 0.0417. The molecule has 0 bridgehead atoms. The first kappa shape index (κ1) is 8.70. The van der Waals surface area contributed by atoms with Crippen LogP contribution in [0.4, 0.5) is 11.6 Å². The van der Waals surface area contributed by atoms with Crippen molar-refractivity contribution < 1.29 is 4.92 Å². The fraction of sp³-hybridized carbons (Fsp3) is 0. The highest BCUT2D eigenvalue weighted by Crippen LogP contribution is 2.22. The number of anilines is 1. The van der Waals surface area contributed by atoms with E-state index >= 15 is 0 Å². The number of fused-ring (bicyclic) bond motifs is 1. The molecule has 14 heavy (non-hydrogen) atoms. The third kappa shape index (κ3) is 1.14. The number of rotatable bonds is 1. The number of nitrogens with two attached hydrogens (primary N) is 1. The van der Waals surface area contributed by atoms with Gasteiger partial charge in [0.2, 0.25) is 11.6 Å². The lowest BCUT2D eigenvalue weighted by Gasteiger charge is -1.95. The third-order valence-corrected chi connectivity index (χ3v) is 1.92. The molecule has 0 aliphatic rings. The lowest BCUT2D eigenvalue weighted by molar-refractivity contribution is -0.383. The van der Waals surface area contributed by atoms with Crippen LogP contribution < -0.4 is 5.73 Å². The van der Waals surface area contributed by atoms with Crippen molar-refractivity contribution in [2.45, 2.75) is 0 Å². The lowest BCUT2D eigenvalue weighted by Crippen LogP contribution is -1.95. The first-order chi connectivity index (χ1) is 6.59. The van der Waals surface area contributed by atoms with Gasteiger partial charge in [0.1, 0.15) is 5.15 Å². The number of hydrogen-bond donors (Lipinski definition) is 1. The van der Waals surface area contributed by atoms with Crippen molar-refractivity contribution in [1.29, 1.82) is 0 Å². The summed E-state index contributed by atoms with van der Waals surface area (Å²) in [6.07, 6.45) is 0. The summed E-state index contributed by atoms with van der Waals surface area (Å²) in [5.74, 6) is -0.0544. The van der Waals surface area contributed by atoms with Crippen LogP contribution in [0.2, 0.25) is 5.15 Å². The molecule has 0 radical (unpaired) electrons. The Kier molecular flexibility index (Phi) is 1.74. The molecule has 0 aromatic carbocycles. The predicted octanol–water partition coefficient (Wildman–Crippen LogP) is 0.873. The van der Waals surface area contributed by atoms with E-state index in [0.717, 1.165) is 4.52 Å². The molecule has 2 aromatic heterocycles. The van der Waals surface area contributed by atoms with E-state index in [1.165, 1.54) is 12.1 Å². The lowest BCUT2D eigenvalue weighted by atomic mass is 10.4. The van der Waals surface area contributed by atoms with Crippen molar-refractivity contribution in [2.75, 3.05) is 5.73 Å². The Hall–Kier alpha value is -1.89. The SMILES string of the molecule is Nc1nc2c([N+](=O)[O-])ccc(Cl)n2n1. The van der Waals surface area contributed by atoms with Crippen LogP contribution in [-0.4, -0.2) is 19.5 Å². The second-order valence-electron chi connectivity index (χ2n) is 2.50. The number of nitro groups is 1. The van der Waals surface area contributed by atoms with Gasteiger partial charge >= 0.3 is 5.69 Å². The van der Waals surface area contributed by atoms with Crippen LogP contribution in [0.3, 0.4) is 0 Å². The van der Waals surface area contributed by atoms with Crippen molar-refractivity contribution in [2.24, 2.45) is 0 Å². The standard InChI is InChI=1S/C6H4ClN5O2/c7-4-2-1-3(12(13)14)5-9-6(8)10-11(4)5/h1-2H,(H2,8,10). The highest BCUT2D eigenvalue weighted by Gasteiger charge is 2.17.